The average molecular weight is 348 g/mol. The Bertz CT molecular complexity index is 1070. The Morgan fingerprint density at radius 2 is 2.08 bits per heavy atom. The van der Waals surface area contributed by atoms with Gasteiger partial charge in [0.25, 0.3) is 0 Å². The first-order valence-corrected chi connectivity index (χ1v) is 9.52. The lowest BCUT2D eigenvalue weighted by Gasteiger charge is -2.35. The highest BCUT2D eigenvalue weighted by atomic mass is 32.1. The van der Waals surface area contributed by atoms with Crippen molar-refractivity contribution in [2.75, 3.05) is 37.6 Å². The Balaban J connectivity index is 1.83. The molecule has 2 aromatic rings. The maximum Gasteiger partial charge on any atom is 0.0943 e. The van der Waals surface area contributed by atoms with Crippen LogP contribution < -0.4 is 25.2 Å². The minimum absolute atomic E-state index is 0.959. The quantitative estimate of drug-likeness (QED) is 0.803. The van der Waals surface area contributed by atoms with E-state index in [1.165, 1.54) is 5.69 Å². The minimum Gasteiger partial charge on any atom is -0.367 e. The number of fused-ring (bicyclic) bond motifs is 2. The maximum atomic E-state index is 8.98. The summed E-state index contributed by atoms with van der Waals surface area (Å²) in [6.07, 6.45) is 5.81. The summed E-state index contributed by atoms with van der Waals surface area (Å²) in [6.45, 7) is 7.60. The number of thiophene rings is 1. The molecule has 2 aliphatic rings. The molecule has 0 atom stereocenters. The van der Waals surface area contributed by atoms with E-state index in [0.717, 1.165) is 58.7 Å². The number of anilines is 1. The lowest BCUT2D eigenvalue weighted by molar-refractivity contribution is 0.271. The Kier molecular flexibility index (Phi) is 4.39. The normalized spacial score (nSPS) is 17.4. The molecule has 1 saturated heterocycles. The number of piperazine rings is 1. The minimum atomic E-state index is 0.959. The van der Waals surface area contributed by atoms with Crippen molar-refractivity contribution in [3.63, 3.8) is 0 Å². The molecule has 0 unspecified atom stereocenters. The number of likely N-dealkylation sites (N-methyl/N-ethyl adjacent to an activating group) is 1. The summed E-state index contributed by atoms with van der Waals surface area (Å²) in [4.78, 5) is 9.91. The van der Waals surface area contributed by atoms with E-state index in [4.69, 9.17) is 10.3 Å². The van der Waals surface area contributed by atoms with E-state index in [-0.39, 0.29) is 0 Å². The summed E-state index contributed by atoms with van der Waals surface area (Å²) in [5, 5.41) is 14.3. The van der Waals surface area contributed by atoms with Crippen LogP contribution in [0.1, 0.15) is 6.92 Å². The van der Waals surface area contributed by atoms with E-state index in [1.54, 1.807) is 17.4 Å². The molecule has 0 radical (unpaired) electrons. The smallest absolute Gasteiger partial charge is 0.0943 e. The molecule has 4 nitrogen and oxygen atoms in total. The van der Waals surface area contributed by atoms with Gasteiger partial charge in [0.1, 0.15) is 0 Å². The summed E-state index contributed by atoms with van der Waals surface area (Å²) in [5.74, 6) is 0. The molecular weight excluding hydrogens is 328 g/mol. The lowest BCUT2D eigenvalue weighted by Crippen LogP contribution is -2.48. The van der Waals surface area contributed by atoms with E-state index in [9.17, 15) is 0 Å². The zero-order chi connectivity index (χ0) is 17.2. The van der Waals surface area contributed by atoms with Gasteiger partial charge in [-0.15, -0.1) is 11.3 Å². The molecule has 0 aliphatic carbocycles. The molecule has 0 saturated carbocycles. The summed E-state index contributed by atoms with van der Waals surface area (Å²) in [7, 11) is 0. The van der Waals surface area contributed by atoms with Gasteiger partial charge in [0.15, 0.2) is 0 Å². The van der Waals surface area contributed by atoms with Gasteiger partial charge in [-0.2, -0.15) is 5.26 Å². The molecule has 1 fully saturated rings. The van der Waals surface area contributed by atoms with Crippen molar-refractivity contribution >= 4 is 40.9 Å². The zero-order valence-corrected chi connectivity index (χ0v) is 15.1. The van der Waals surface area contributed by atoms with E-state index >= 15 is 0 Å². The number of benzene rings is 1. The zero-order valence-electron chi connectivity index (χ0n) is 14.3. The fourth-order valence-electron chi connectivity index (χ4n) is 3.46. The van der Waals surface area contributed by atoms with Gasteiger partial charge in [-0.1, -0.05) is 31.2 Å². The van der Waals surface area contributed by atoms with Gasteiger partial charge in [0.2, 0.25) is 0 Å². The molecule has 126 valence electrons. The molecule has 5 heteroatoms. The molecule has 0 N–H and O–H groups in total. The third kappa shape index (κ3) is 2.99. The van der Waals surface area contributed by atoms with Crippen LogP contribution in [0, 0.1) is 11.3 Å². The number of hydrogen-bond acceptors (Lipinski definition) is 5. The van der Waals surface area contributed by atoms with Gasteiger partial charge in [-0.25, -0.2) is 4.99 Å². The predicted octanol–water partition coefficient (Wildman–Crippen LogP) is 0.720. The molecular formula is C20H20N4S. The van der Waals surface area contributed by atoms with Crippen LogP contribution in [0.5, 0.6) is 0 Å². The van der Waals surface area contributed by atoms with Crippen molar-refractivity contribution in [3.05, 3.63) is 43.9 Å². The van der Waals surface area contributed by atoms with Crippen molar-refractivity contribution in [1.29, 1.82) is 5.26 Å². The number of nitriles is 1. The standard InChI is InChI=1S/C20H20N4S/c1-2-23-10-12-24(13-11-23)18-5-3-4-15-6-7-16-17(22-20(15)18)14-25-19(16)8-9-21/h3-8,14H,2,10-13H2,1H3/b19-8-. The summed E-state index contributed by atoms with van der Waals surface area (Å²) in [5.41, 5.74) is 2.17. The topological polar surface area (TPSA) is 42.6 Å². The van der Waals surface area contributed by atoms with Crippen LogP contribution in [0.4, 0.5) is 11.4 Å². The number of hydrogen-bond donors (Lipinski definition) is 0. The predicted molar refractivity (Wildman–Crippen MR) is 104 cm³/mol. The van der Waals surface area contributed by atoms with Crippen LogP contribution in [-0.2, 0) is 0 Å². The van der Waals surface area contributed by atoms with Crippen LogP contribution in [-0.4, -0.2) is 37.6 Å². The monoisotopic (exact) mass is 348 g/mol. The highest BCUT2D eigenvalue weighted by molar-refractivity contribution is 7.08. The molecule has 0 amide bonds. The van der Waals surface area contributed by atoms with Crippen LogP contribution in [0.3, 0.4) is 0 Å². The first kappa shape index (κ1) is 16.1. The van der Waals surface area contributed by atoms with E-state index in [0.29, 0.717) is 0 Å². The van der Waals surface area contributed by atoms with Gasteiger partial charge in [0.05, 0.1) is 22.8 Å². The van der Waals surface area contributed by atoms with Crippen molar-refractivity contribution in [2.24, 2.45) is 4.99 Å². The highest BCUT2D eigenvalue weighted by Gasteiger charge is 2.17. The van der Waals surface area contributed by atoms with Crippen LogP contribution >= 0.6 is 11.3 Å². The van der Waals surface area contributed by atoms with E-state index in [2.05, 4.69) is 53.1 Å². The molecule has 0 spiro atoms. The SMILES string of the molecule is CCN1CCN(c2cccc3c2=Nc2cs/c(=C\C#N)c2=CC=3)CC1. The fourth-order valence-corrected chi connectivity index (χ4v) is 4.29. The van der Waals surface area contributed by atoms with Crippen molar-refractivity contribution in [2.45, 2.75) is 6.92 Å². The molecule has 25 heavy (non-hydrogen) atoms. The lowest BCUT2D eigenvalue weighted by atomic mass is 10.2. The Morgan fingerprint density at radius 1 is 1.24 bits per heavy atom. The third-order valence-electron chi connectivity index (χ3n) is 4.90. The van der Waals surface area contributed by atoms with Crippen molar-refractivity contribution < 1.29 is 0 Å². The summed E-state index contributed by atoms with van der Waals surface area (Å²) >= 11 is 1.58. The molecule has 4 rings (SSSR count). The van der Waals surface area contributed by atoms with Gasteiger partial charge in [-0.05, 0) is 12.6 Å². The molecule has 0 bridgehead atoms. The van der Waals surface area contributed by atoms with Crippen LogP contribution in [0.2, 0.25) is 0 Å². The second kappa shape index (κ2) is 6.83. The Hall–Kier alpha value is -2.42. The average Bonchev–Trinajstić information content (AvgIpc) is 2.92. The number of rotatable bonds is 2. The highest BCUT2D eigenvalue weighted by Crippen LogP contribution is 2.13. The van der Waals surface area contributed by atoms with Gasteiger partial charge in [-0.3, -0.25) is 0 Å². The van der Waals surface area contributed by atoms with Gasteiger partial charge < -0.3 is 9.80 Å². The Morgan fingerprint density at radius 3 is 2.84 bits per heavy atom. The second-order valence-corrected chi connectivity index (χ2v) is 7.16. The maximum absolute atomic E-state index is 8.98. The van der Waals surface area contributed by atoms with E-state index < -0.39 is 0 Å². The molecule has 3 heterocycles. The number of para-hydroxylation sites is 1. The van der Waals surface area contributed by atoms with Crippen LogP contribution in [0.25, 0.3) is 18.2 Å². The third-order valence-corrected chi connectivity index (χ3v) is 5.84. The molecule has 1 aromatic carbocycles. The molecule has 2 aliphatic heterocycles. The Labute approximate surface area is 151 Å². The van der Waals surface area contributed by atoms with Gasteiger partial charge in [0, 0.05) is 52.6 Å². The van der Waals surface area contributed by atoms with Gasteiger partial charge >= 0.3 is 0 Å². The summed E-state index contributed by atoms with van der Waals surface area (Å²) in [6, 6.07) is 8.54. The summed E-state index contributed by atoms with van der Waals surface area (Å²) < 4.78 is 0.975. The first-order valence-electron chi connectivity index (χ1n) is 8.64. The van der Waals surface area contributed by atoms with Crippen molar-refractivity contribution in [1.82, 2.24) is 4.90 Å². The number of nitrogens with zero attached hydrogens (tertiary/aromatic N) is 4. The largest absolute Gasteiger partial charge is 0.367 e. The van der Waals surface area contributed by atoms with Crippen LogP contribution in [0.15, 0.2) is 28.6 Å². The van der Waals surface area contributed by atoms with Crippen molar-refractivity contribution in [3.8, 4) is 6.07 Å². The first-order chi connectivity index (χ1) is 12.3. The van der Waals surface area contributed by atoms with E-state index in [1.807, 2.05) is 5.38 Å². The second-order valence-electron chi connectivity index (χ2n) is 6.25. The molecule has 1 aromatic heterocycles. The fraction of sp³-hybridized carbons (Fsp3) is 0.300.